The Morgan fingerprint density at radius 3 is 2.57 bits per heavy atom. The fourth-order valence-corrected chi connectivity index (χ4v) is 3.53. The summed E-state index contributed by atoms with van der Waals surface area (Å²) >= 11 is 12.7. The van der Waals surface area contributed by atoms with E-state index in [0.717, 1.165) is 38.2 Å². The Hall–Kier alpha value is -1.13. The summed E-state index contributed by atoms with van der Waals surface area (Å²) in [6.07, 6.45) is 1.02. The normalized spacial score (nSPS) is 17.7. The van der Waals surface area contributed by atoms with Crippen LogP contribution in [0.4, 0.5) is 4.39 Å². The molecular formula is C18H19Cl2FN2. The summed E-state index contributed by atoms with van der Waals surface area (Å²) in [5.41, 5.74) is 1.49. The van der Waals surface area contributed by atoms with E-state index in [2.05, 4.69) is 10.2 Å². The molecule has 1 heterocycles. The van der Waals surface area contributed by atoms with Crippen LogP contribution in [0.15, 0.2) is 42.5 Å². The third-order valence-corrected chi connectivity index (χ3v) is 5.05. The molecule has 0 aliphatic carbocycles. The number of hydrogen-bond donors (Lipinski definition) is 1. The summed E-state index contributed by atoms with van der Waals surface area (Å²) in [4.78, 5) is 2.27. The Morgan fingerprint density at radius 1 is 0.957 bits per heavy atom. The molecule has 0 aromatic heterocycles. The van der Waals surface area contributed by atoms with Gasteiger partial charge in [0.2, 0.25) is 0 Å². The second kappa shape index (κ2) is 7.63. The van der Waals surface area contributed by atoms with Crippen molar-refractivity contribution in [3.8, 4) is 0 Å². The number of nitrogens with one attached hydrogen (secondary N) is 1. The summed E-state index contributed by atoms with van der Waals surface area (Å²) in [6.45, 7) is 3.57. The minimum Gasteiger partial charge on any atom is -0.315 e. The van der Waals surface area contributed by atoms with E-state index in [1.165, 1.54) is 6.07 Å². The molecule has 0 saturated carbocycles. The average molecular weight is 353 g/mol. The first-order valence-electron chi connectivity index (χ1n) is 7.81. The number of halogens is 3. The fourth-order valence-electron chi connectivity index (χ4n) is 3.11. The standard InChI is InChI=1S/C18H19Cl2FN2/c19-15-7-3-6-14(17(15)20)18(13-5-1-2-8-16(13)21)23-11-4-9-22-10-12-23/h1-3,5-8,18,22H,4,9-12H2. The van der Waals surface area contributed by atoms with E-state index in [4.69, 9.17) is 23.2 Å². The molecule has 2 aromatic carbocycles. The van der Waals surface area contributed by atoms with Crippen LogP contribution in [-0.2, 0) is 0 Å². The molecule has 2 nitrogen and oxygen atoms in total. The second-order valence-corrected chi connectivity index (χ2v) is 6.49. The highest BCUT2D eigenvalue weighted by Gasteiger charge is 2.27. The van der Waals surface area contributed by atoms with Crippen molar-refractivity contribution in [2.75, 3.05) is 26.2 Å². The topological polar surface area (TPSA) is 15.3 Å². The predicted octanol–water partition coefficient (Wildman–Crippen LogP) is 4.52. The summed E-state index contributed by atoms with van der Waals surface area (Å²) in [5, 5.41) is 4.38. The minimum atomic E-state index is -0.234. The van der Waals surface area contributed by atoms with Crippen LogP contribution in [0.25, 0.3) is 0 Å². The summed E-state index contributed by atoms with van der Waals surface area (Å²) in [5.74, 6) is -0.217. The molecule has 0 spiro atoms. The smallest absolute Gasteiger partial charge is 0.128 e. The number of benzene rings is 2. The SMILES string of the molecule is Fc1ccccc1C(c1cccc(Cl)c1Cl)N1CCCNCC1. The van der Waals surface area contributed by atoms with E-state index in [-0.39, 0.29) is 11.9 Å². The van der Waals surface area contributed by atoms with Crippen LogP contribution in [0.1, 0.15) is 23.6 Å². The molecular weight excluding hydrogens is 334 g/mol. The monoisotopic (exact) mass is 352 g/mol. The zero-order chi connectivity index (χ0) is 16.2. The molecule has 1 aliphatic rings. The van der Waals surface area contributed by atoms with Gasteiger partial charge in [-0.05, 0) is 30.7 Å². The van der Waals surface area contributed by atoms with Crippen molar-refractivity contribution in [2.24, 2.45) is 0 Å². The molecule has 1 fully saturated rings. The van der Waals surface area contributed by atoms with Crippen molar-refractivity contribution in [2.45, 2.75) is 12.5 Å². The third kappa shape index (κ3) is 3.69. The lowest BCUT2D eigenvalue weighted by Gasteiger charge is -2.32. The fraction of sp³-hybridized carbons (Fsp3) is 0.333. The van der Waals surface area contributed by atoms with Crippen LogP contribution < -0.4 is 5.32 Å². The number of rotatable bonds is 3. The van der Waals surface area contributed by atoms with Gasteiger partial charge >= 0.3 is 0 Å². The summed E-state index contributed by atoms with van der Waals surface area (Å²) < 4.78 is 14.5. The molecule has 3 rings (SSSR count). The van der Waals surface area contributed by atoms with Gasteiger partial charge in [0.15, 0.2) is 0 Å². The minimum absolute atomic E-state index is 0.217. The molecule has 2 aromatic rings. The van der Waals surface area contributed by atoms with Gasteiger partial charge in [-0.2, -0.15) is 0 Å². The van der Waals surface area contributed by atoms with Gasteiger partial charge in [-0.15, -0.1) is 0 Å². The zero-order valence-electron chi connectivity index (χ0n) is 12.7. The van der Waals surface area contributed by atoms with Crippen LogP contribution in [0.3, 0.4) is 0 Å². The first-order chi connectivity index (χ1) is 11.2. The molecule has 5 heteroatoms. The maximum atomic E-state index is 14.5. The Balaban J connectivity index is 2.09. The predicted molar refractivity (Wildman–Crippen MR) is 93.8 cm³/mol. The molecule has 0 bridgehead atoms. The first kappa shape index (κ1) is 16.7. The van der Waals surface area contributed by atoms with Crippen molar-refractivity contribution in [3.05, 3.63) is 69.5 Å². The quantitative estimate of drug-likeness (QED) is 0.873. The molecule has 0 radical (unpaired) electrons. The van der Waals surface area contributed by atoms with Crippen LogP contribution in [0.2, 0.25) is 10.0 Å². The molecule has 23 heavy (non-hydrogen) atoms. The highest BCUT2D eigenvalue weighted by Crippen LogP contribution is 2.37. The van der Waals surface area contributed by atoms with Crippen molar-refractivity contribution in [3.63, 3.8) is 0 Å². The second-order valence-electron chi connectivity index (χ2n) is 5.71. The van der Waals surface area contributed by atoms with Gasteiger partial charge in [0.1, 0.15) is 5.82 Å². The third-order valence-electron chi connectivity index (χ3n) is 4.22. The number of hydrogen-bond acceptors (Lipinski definition) is 2. The maximum Gasteiger partial charge on any atom is 0.128 e. The van der Waals surface area contributed by atoms with E-state index < -0.39 is 0 Å². The lowest BCUT2D eigenvalue weighted by atomic mass is 9.96. The Labute approximate surface area is 146 Å². The Kier molecular flexibility index (Phi) is 5.54. The van der Waals surface area contributed by atoms with Gasteiger partial charge in [-0.25, -0.2) is 4.39 Å². The van der Waals surface area contributed by atoms with Crippen molar-refractivity contribution in [1.29, 1.82) is 0 Å². The van der Waals surface area contributed by atoms with Gasteiger partial charge in [-0.1, -0.05) is 53.5 Å². The average Bonchev–Trinajstić information content (AvgIpc) is 2.83. The van der Waals surface area contributed by atoms with Crippen molar-refractivity contribution < 1.29 is 4.39 Å². The van der Waals surface area contributed by atoms with E-state index in [1.54, 1.807) is 12.1 Å². The molecule has 122 valence electrons. The van der Waals surface area contributed by atoms with Crippen molar-refractivity contribution >= 4 is 23.2 Å². The van der Waals surface area contributed by atoms with Crippen LogP contribution in [-0.4, -0.2) is 31.1 Å². The van der Waals surface area contributed by atoms with Crippen LogP contribution in [0.5, 0.6) is 0 Å². The largest absolute Gasteiger partial charge is 0.315 e. The molecule has 1 unspecified atom stereocenters. The van der Waals surface area contributed by atoms with Gasteiger partial charge in [-0.3, -0.25) is 4.90 Å². The van der Waals surface area contributed by atoms with E-state index >= 15 is 0 Å². The number of nitrogens with zero attached hydrogens (tertiary/aromatic N) is 1. The maximum absolute atomic E-state index is 14.5. The molecule has 0 amide bonds. The Morgan fingerprint density at radius 2 is 1.74 bits per heavy atom. The highest BCUT2D eigenvalue weighted by atomic mass is 35.5. The molecule has 1 saturated heterocycles. The molecule has 1 atom stereocenters. The lowest BCUT2D eigenvalue weighted by Crippen LogP contribution is -2.33. The summed E-state index contributed by atoms with van der Waals surface area (Å²) in [7, 11) is 0. The van der Waals surface area contributed by atoms with E-state index in [0.29, 0.717) is 15.6 Å². The van der Waals surface area contributed by atoms with Gasteiger partial charge < -0.3 is 5.32 Å². The van der Waals surface area contributed by atoms with E-state index in [9.17, 15) is 4.39 Å². The zero-order valence-corrected chi connectivity index (χ0v) is 14.2. The van der Waals surface area contributed by atoms with Crippen LogP contribution in [0, 0.1) is 5.82 Å². The van der Waals surface area contributed by atoms with Crippen LogP contribution >= 0.6 is 23.2 Å². The van der Waals surface area contributed by atoms with Gasteiger partial charge in [0, 0.05) is 25.2 Å². The highest BCUT2D eigenvalue weighted by molar-refractivity contribution is 6.42. The van der Waals surface area contributed by atoms with Gasteiger partial charge in [0.05, 0.1) is 16.1 Å². The lowest BCUT2D eigenvalue weighted by molar-refractivity contribution is 0.237. The Bertz CT molecular complexity index is 670. The first-order valence-corrected chi connectivity index (χ1v) is 8.57. The molecule has 1 N–H and O–H groups in total. The summed E-state index contributed by atoms with van der Waals surface area (Å²) in [6, 6.07) is 12.2. The molecule has 1 aliphatic heterocycles. The van der Waals surface area contributed by atoms with Crippen molar-refractivity contribution in [1.82, 2.24) is 10.2 Å². The van der Waals surface area contributed by atoms with Gasteiger partial charge in [0.25, 0.3) is 0 Å². The van der Waals surface area contributed by atoms with E-state index in [1.807, 2.05) is 24.3 Å².